The second-order valence-corrected chi connectivity index (χ2v) is 7.00. The van der Waals surface area contributed by atoms with E-state index in [-0.39, 0.29) is 5.65 Å². The molecule has 1 aromatic carbocycles. The third-order valence-electron chi connectivity index (χ3n) is 4.92. The quantitative estimate of drug-likeness (QED) is 0.699. The first-order valence-electron chi connectivity index (χ1n) is 9.14. The monoisotopic (exact) mass is 389 g/mol. The van der Waals surface area contributed by atoms with Gasteiger partial charge in [-0.3, -0.25) is 0 Å². The van der Waals surface area contributed by atoms with Gasteiger partial charge >= 0.3 is 0 Å². The molecule has 4 rings (SSSR count). The Bertz CT molecular complexity index is 928. The average Bonchev–Trinajstić information content (AvgIpc) is 3.12. The molecule has 1 fully saturated rings. The SMILES string of the molecule is OC1(CN(Cc2ccccc2)c2ccc3nnc(C(F)F)n3n2)CCOCC1. The molecule has 1 saturated heterocycles. The highest BCUT2D eigenvalue weighted by Gasteiger charge is 2.33. The van der Waals surface area contributed by atoms with Gasteiger partial charge < -0.3 is 14.7 Å². The largest absolute Gasteiger partial charge is 0.388 e. The fourth-order valence-electron chi connectivity index (χ4n) is 3.39. The van der Waals surface area contributed by atoms with Gasteiger partial charge in [0.05, 0.1) is 5.60 Å². The lowest BCUT2D eigenvalue weighted by molar-refractivity contribution is -0.0580. The van der Waals surface area contributed by atoms with E-state index in [1.54, 1.807) is 12.1 Å². The fraction of sp³-hybridized carbons (Fsp3) is 0.421. The first-order valence-corrected chi connectivity index (χ1v) is 9.14. The molecule has 0 unspecified atom stereocenters. The highest BCUT2D eigenvalue weighted by Crippen LogP contribution is 2.26. The predicted molar refractivity (Wildman–Crippen MR) is 98.2 cm³/mol. The van der Waals surface area contributed by atoms with Crippen LogP contribution in [0.1, 0.15) is 30.7 Å². The summed E-state index contributed by atoms with van der Waals surface area (Å²) in [7, 11) is 0. The number of anilines is 1. The fourth-order valence-corrected chi connectivity index (χ4v) is 3.39. The van der Waals surface area contributed by atoms with Crippen molar-refractivity contribution in [2.75, 3.05) is 24.7 Å². The zero-order chi connectivity index (χ0) is 19.6. The van der Waals surface area contributed by atoms with Crippen LogP contribution in [0.5, 0.6) is 0 Å². The van der Waals surface area contributed by atoms with Gasteiger partial charge in [-0.15, -0.1) is 15.3 Å². The Kier molecular flexibility index (Phi) is 5.19. The first kappa shape index (κ1) is 18.7. The van der Waals surface area contributed by atoms with E-state index >= 15 is 0 Å². The van der Waals surface area contributed by atoms with Gasteiger partial charge in [-0.2, -0.15) is 4.52 Å². The van der Waals surface area contributed by atoms with Crippen molar-refractivity contribution in [3.63, 3.8) is 0 Å². The maximum absolute atomic E-state index is 13.2. The van der Waals surface area contributed by atoms with Crippen molar-refractivity contribution in [3.05, 3.63) is 53.9 Å². The minimum atomic E-state index is -2.78. The number of ether oxygens (including phenoxy) is 1. The summed E-state index contributed by atoms with van der Waals surface area (Å²) < 4.78 is 32.8. The third-order valence-corrected chi connectivity index (χ3v) is 4.92. The third kappa shape index (κ3) is 3.95. The minimum Gasteiger partial charge on any atom is -0.388 e. The van der Waals surface area contributed by atoms with E-state index < -0.39 is 17.9 Å². The Morgan fingerprint density at radius 3 is 2.57 bits per heavy atom. The molecule has 2 aromatic heterocycles. The summed E-state index contributed by atoms with van der Waals surface area (Å²) in [6, 6.07) is 13.1. The van der Waals surface area contributed by atoms with Crippen molar-refractivity contribution >= 4 is 11.5 Å². The van der Waals surface area contributed by atoms with E-state index in [2.05, 4.69) is 15.3 Å². The molecule has 0 aliphatic carbocycles. The van der Waals surface area contributed by atoms with Crippen LogP contribution in [-0.2, 0) is 11.3 Å². The normalized spacial score (nSPS) is 16.6. The lowest BCUT2D eigenvalue weighted by Gasteiger charge is -2.37. The topological polar surface area (TPSA) is 75.8 Å². The average molecular weight is 389 g/mol. The molecule has 3 aromatic rings. The van der Waals surface area contributed by atoms with E-state index in [1.807, 2.05) is 35.2 Å². The molecule has 7 nitrogen and oxygen atoms in total. The van der Waals surface area contributed by atoms with Crippen molar-refractivity contribution in [2.24, 2.45) is 0 Å². The van der Waals surface area contributed by atoms with Gasteiger partial charge in [0.1, 0.15) is 5.82 Å². The van der Waals surface area contributed by atoms with Crippen molar-refractivity contribution in [3.8, 4) is 0 Å². The van der Waals surface area contributed by atoms with Crippen LogP contribution in [0.3, 0.4) is 0 Å². The summed E-state index contributed by atoms with van der Waals surface area (Å²) in [6.45, 7) is 1.77. The Balaban J connectivity index is 1.69. The Hall–Kier alpha value is -2.65. The molecule has 28 heavy (non-hydrogen) atoms. The van der Waals surface area contributed by atoms with Crippen LogP contribution in [-0.4, -0.2) is 50.3 Å². The molecule has 148 valence electrons. The standard InChI is InChI=1S/C19H21F2N5O2/c20-17(21)18-23-22-15-6-7-16(24-26(15)18)25(12-14-4-2-1-3-5-14)13-19(27)8-10-28-11-9-19/h1-7,17,27H,8-13H2. The van der Waals surface area contributed by atoms with Crippen molar-refractivity contribution < 1.29 is 18.6 Å². The van der Waals surface area contributed by atoms with Crippen molar-refractivity contribution in [1.82, 2.24) is 19.8 Å². The maximum atomic E-state index is 13.2. The predicted octanol–water partition coefficient (Wildman–Crippen LogP) is 2.61. The number of alkyl halides is 2. The van der Waals surface area contributed by atoms with Crippen LogP contribution in [0.25, 0.3) is 5.65 Å². The number of nitrogens with zero attached hydrogens (tertiary/aromatic N) is 5. The Morgan fingerprint density at radius 2 is 1.86 bits per heavy atom. The highest BCUT2D eigenvalue weighted by atomic mass is 19.3. The number of hydrogen-bond donors (Lipinski definition) is 1. The lowest BCUT2D eigenvalue weighted by atomic mass is 9.93. The summed E-state index contributed by atoms with van der Waals surface area (Å²) in [4.78, 5) is 1.90. The summed E-state index contributed by atoms with van der Waals surface area (Å²) in [5.41, 5.74) is 0.351. The van der Waals surface area contributed by atoms with E-state index in [0.29, 0.717) is 45.0 Å². The number of hydrogen-bond acceptors (Lipinski definition) is 6. The number of fused-ring (bicyclic) bond motifs is 1. The molecule has 1 aliphatic rings. The van der Waals surface area contributed by atoms with E-state index in [1.165, 1.54) is 0 Å². The minimum absolute atomic E-state index is 0.253. The summed E-state index contributed by atoms with van der Waals surface area (Å²) in [6.07, 6.45) is -1.76. The van der Waals surface area contributed by atoms with Crippen LogP contribution in [0.15, 0.2) is 42.5 Å². The number of aromatic nitrogens is 4. The molecule has 0 saturated carbocycles. The number of rotatable bonds is 6. The molecule has 0 amide bonds. The molecule has 0 atom stereocenters. The van der Waals surface area contributed by atoms with Gasteiger partial charge in [-0.1, -0.05) is 30.3 Å². The van der Waals surface area contributed by atoms with Crippen LogP contribution >= 0.6 is 0 Å². The zero-order valence-electron chi connectivity index (χ0n) is 15.2. The molecule has 1 aliphatic heterocycles. The van der Waals surface area contributed by atoms with Gasteiger partial charge in [-0.25, -0.2) is 8.78 Å². The summed E-state index contributed by atoms with van der Waals surface area (Å²) >= 11 is 0. The number of benzene rings is 1. The first-order chi connectivity index (χ1) is 13.5. The van der Waals surface area contributed by atoms with Gasteiger partial charge in [-0.05, 0) is 17.7 Å². The van der Waals surface area contributed by atoms with Crippen LogP contribution < -0.4 is 4.90 Å². The van der Waals surface area contributed by atoms with Gasteiger partial charge in [0.2, 0.25) is 5.82 Å². The second-order valence-electron chi connectivity index (χ2n) is 7.00. The maximum Gasteiger partial charge on any atom is 0.299 e. The number of halogens is 2. The summed E-state index contributed by atoms with van der Waals surface area (Å²) in [5.74, 6) is -0.0285. The van der Waals surface area contributed by atoms with E-state index in [9.17, 15) is 13.9 Å². The van der Waals surface area contributed by atoms with Crippen molar-refractivity contribution in [1.29, 1.82) is 0 Å². The molecule has 0 radical (unpaired) electrons. The zero-order valence-corrected chi connectivity index (χ0v) is 15.2. The Morgan fingerprint density at radius 1 is 1.11 bits per heavy atom. The number of aliphatic hydroxyl groups is 1. The van der Waals surface area contributed by atoms with Crippen LogP contribution in [0, 0.1) is 0 Å². The van der Waals surface area contributed by atoms with Gasteiger partial charge in [0.15, 0.2) is 5.65 Å². The molecule has 9 heteroatoms. The smallest absolute Gasteiger partial charge is 0.299 e. The lowest BCUT2D eigenvalue weighted by Crippen LogP contribution is -2.47. The highest BCUT2D eigenvalue weighted by molar-refractivity contribution is 5.46. The van der Waals surface area contributed by atoms with Crippen LogP contribution in [0.2, 0.25) is 0 Å². The molecule has 0 bridgehead atoms. The molecule has 0 spiro atoms. The van der Waals surface area contributed by atoms with Gasteiger partial charge in [0.25, 0.3) is 6.43 Å². The molecular formula is C19H21F2N5O2. The van der Waals surface area contributed by atoms with Gasteiger partial charge in [0, 0.05) is 39.1 Å². The molecule has 3 heterocycles. The molecular weight excluding hydrogens is 368 g/mol. The summed E-state index contributed by atoms with van der Waals surface area (Å²) in [5, 5.41) is 22.6. The van der Waals surface area contributed by atoms with E-state index in [4.69, 9.17) is 4.74 Å². The molecule has 1 N–H and O–H groups in total. The van der Waals surface area contributed by atoms with Crippen LogP contribution in [0.4, 0.5) is 14.6 Å². The Labute approximate surface area is 160 Å². The van der Waals surface area contributed by atoms with E-state index in [0.717, 1.165) is 10.1 Å². The second kappa shape index (κ2) is 7.76. The van der Waals surface area contributed by atoms with Crippen molar-refractivity contribution in [2.45, 2.75) is 31.4 Å².